The van der Waals surface area contributed by atoms with Gasteiger partial charge in [0.1, 0.15) is 12.0 Å². The van der Waals surface area contributed by atoms with Gasteiger partial charge in [0.15, 0.2) is 0 Å². The average molecular weight is 409 g/mol. The van der Waals surface area contributed by atoms with Gasteiger partial charge in [0.2, 0.25) is 5.91 Å². The molecule has 2 amide bonds. The highest BCUT2D eigenvalue weighted by Crippen LogP contribution is 2.42. The van der Waals surface area contributed by atoms with Gasteiger partial charge in [-0.2, -0.15) is 0 Å². The number of fused-ring (bicyclic) bond motifs is 1. The molecule has 5 nitrogen and oxygen atoms in total. The van der Waals surface area contributed by atoms with E-state index in [1.807, 2.05) is 35.2 Å². The minimum absolute atomic E-state index is 0.0999. The van der Waals surface area contributed by atoms with Gasteiger partial charge in [-0.1, -0.05) is 30.3 Å². The van der Waals surface area contributed by atoms with E-state index in [1.54, 1.807) is 43.3 Å². The molecule has 4 rings (SSSR count). The van der Waals surface area contributed by atoms with Crippen LogP contribution in [0.25, 0.3) is 10.4 Å². The molecule has 0 saturated heterocycles. The number of amides is 2. The molecular weight excluding hydrogens is 389 g/mol. The quantitative estimate of drug-likeness (QED) is 0.711. The van der Waals surface area contributed by atoms with Crippen LogP contribution in [0.2, 0.25) is 0 Å². The predicted molar refractivity (Wildman–Crippen MR) is 112 cm³/mol. The molecule has 1 atom stereocenters. The van der Waals surface area contributed by atoms with Crippen molar-refractivity contribution in [2.45, 2.75) is 6.17 Å². The van der Waals surface area contributed by atoms with Crippen LogP contribution in [0, 0.1) is 5.82 Å². The number of halogens is 1. The fraction of sp³-hybridized carbons (Fsp3) is 0.182. The molecule has 0 fully saturated rings. The van der Waals surface area contributed by atoms with Gasteiger partial charge in [-0.15, -0.1) is 11.3 Å². The van der Waals surface area contributed by atoms with Crippen LogP contribution in [-0.2, 0) is 4.79 Å². The molecule has 29 heavy (non-hydrogen) atoms. The van der Waals surface area contributed by atoms with E-state index < -0.39 is 6.17 Å². The second-order valence-electron chi connectivity index (χ2n) is 6.79. The summed E-state index contributed by atoms with van der Waals surface area (Å²) in [5.74, 6) is -0.556. The van der Waals surface area contributed by atoms with Gasteiger partial charge in [-0.05, 0) is 30.3 Å². The molecule has 1 aromatic heterocycles. The zero-order valence-electron chi connectivity index (χ0n) is 16.1. The maximum Gasteiger partial charge on any atom is 0.257 e. The summed E-state index contributed by atoms with van der Waals surface area (Å²) in [5.41, 5.74) is 1.79. The number of thiophene rings is 1. The molecule has 0 aliphatic carbocycles. The Morgan fingerprint density at radius 3 is 2.48 bits per heavy atom. The molecule has 7 heteroatoms. The summed E-state index contributed by atoms with van der Waals surface area (Å²) in [6, 6.07) is 17.6. The number of rotatable bonds is 4. The lowest BCUT2D eigenvalue weighted by Gasteiger charge is -2.43. The van der Waals surface area contributed by atoms with Crippen molar-refractivity contribution >= 4 is 28.8 Å². The van der Waals surface area contributed by atoms with E-state index in [9.17, 15) is 14.0 Å². The van der Waals surface area contributed by atoms with E-state index in [-0.39, 0.29) is 24.2 Å². The number of nitrogens with one attached hydrogen (secondary N) is 1. The van der Waals surface area contributed by atoms with Crippen LogP contribution < -0.4 is 10.2 Å². The minimum Gasteiger partial charge on any atom is -0.358 e. The molecule has 0 bridgehead atoms. The summed E-state index contributed by atoms with van der Waals surface area (Å²) in [6.45, 7) is 0.0999. The molecule has 1 aliphatic rings. The van der Waals surface area contributed by atoms with Crippen molar-refractivity contribution in [2.24, 2.45) is 0 Å². The van der Waals surface area contributed by atoms with E-state index in [0.717, 1.165) is 9.75 Å². The van der Waals surface area contributed by atoms with E-state index in [4.69, 9.17) is 0 Å². The van der Waals surface area contributed by atoms with Crippen LogP contribution in [-0.4, -0.2) is 37.4 Å². The first-order valence-corrected chi connectivity index (χ1v) is 10.0. The lowest BCUT2D eigenvalue weighted by molar-refractivity contribution is -0.119. The Morgan fingerprint density at radius 2 is 1.76 bits per heavy atom. The number of benzene rings is 2. The summed E-state index contributed by atoms with van der Waals surface area (Å²) >= 11 is 1.42. The highest BCUT2D eigenvalue weighted by Gasteiger charge is 2.37. The van der Waals surface area contributed by atoms with Crippen LogP contribution >= 0.6 is 11.3 Å². The molecule has 2 aromatic carbocycles. The summed E-state index contributed by atoms with van der Waals surface area (Å²) in [5, 5.41) is 2.65. The van der Waals surface area contributed by atoms with Crippen LogP contribution in [0.15, 0.2) is 60.7 Å². The number of nitrogens with zero attached hydrogens (tertiary/aromatic N) is 2. The molecule has 3 aromatic rings. The van der Waals surface area contributed by atoms with Gasteiger partial charge in [0, 0.05) is 29.4 Å². The molecular formula is C22H20FN3O2S. The molecule has 1 N–H and O–H groups in total. The van der Waals surface area contributed by atoms with Crippen molar-refractivity contribution < 1.29 is 14.0 Å². The fourth-order valence-electron chi connectivity index (χ4n) is 3.59. The summed E-state index contributed by atoms with van der Waals surface area (Å²) in [6.07, 6.45) is -0.458. The van der Waals surface area contributed by atoms with E-state index in [1.165, 1.54) is 17.4 Å². The largest absolute Gasteiger partial charge is 0.358 e. The molecule has 0 radical (unpaired) electrons. The first-order chi connectivity index (χ1) is 14.0. The Labute approximate surface area is 172 Å². The molecule has 0 saturated carbocycles. The van der Waals surface area contributed by atoms with E-state index in [2.05, 4.69) is 5.32 Å². The SMILES string of the molecule is CNC(=O)CN1c2ccccc2C(=O)N(C)C1c1ccc(-c2ccccc2F)s1. The topological polar surface area (TPSA) is 52.7 Å². The normalized spacial score (nSPS) is 16.0. The number of hydrogen-bond acceptors (Lipinski definition) is 4. The van der Waals surface area contributed by atoms with Gasteiger partial charge in [0.05, 0.1) is 17.8 Å². The number of hydrogen-bond donors (Lipinski definition) is 1. The standard InChI is InChI=1S/C22H20FN3O2S/c1-24-20(27)13-26-17-10-6-4-8-15(17)22(28)25(2)21(26)19-12-11-18(29-19)14-7-3-5-9-16(14)23/h3-12,21H,13H2,1-2H3,(H,24,27). The Morgan fingerprint density at radius 1 is 1.07 bits per heavy atom. The van der Waals surface area contributed by atoms with E-state index in [0.29, 0.717) is 16.8 Å². The van der Waals surface area contributed by atoms with Gasteiger partial charge in [0.25, 0.3) is 5.91 Å². The third-order valence-corrected chi connectivity index (χ3v) is 6.20. The molecule has 2 heterocycles. The van der Waals surface area contributed by atoms with Gasteiger partial charge >= 0.3 is 0 Å². The van der Waals surface area contributed by atoms with Gasteiger partial charge in [-0.3, -0.25) is 9.59 Å². The monoisotopic (exact) mass is 409 g/mol. The molecule has 1 aliphatic heterocycles. The number of likely N-dealkylation sites (N-methyl/N-ethyl adjacent to an activating group) is 1. The maximum atomic E-state index is 14.2. The lowest BCUT2D eigenvalue weighted by atomic mass is 10.0. The van der Waals surface area contributed by atoms with Crippen molar-refractivity contribution in [3.05, 3.63) is 76.9 Å². The average Bonchev–Trinajstić information content (AvgIpc) is 3.21. The number of carbonyl (C=O) groups is 2. The summed E-state index contributed by atoms with van der Waals surface area (Å²) in [7, 11) is 3.31. The third kappa shape index (κ3) is 3.38. The van der Waals surface area contributed by atoms with E-state index >= 15 is 0 Å². The van der Waals surface area contributed by atoms with Crippen molar-refractivity contribution in [3.8, 4) is 10.4 Å². The maximum absolute atomic E-state index is 14.2. The third-order valence-electron chi connectivity index (χ3n) is 5.04. The summed E-state index contributed by atoms with van der Waals surface area (Å²) < 4.78 is 14.2. The first-order valence-electron chi connectivity index (χ1n) is 9.19. The predicted octanol–water partition coefficient (Wildman–Crippen LogP) is 3.89. The zero-order valence-corrected chi connectivity index (χ0v) is 16.9. The summed E-state index contributed by atoms with van der Waals surface area (Å²) in [4.78, 5) is 30.4. The zero-order chi connectivity index (χ0) is 20.5. The Hall–Kier alpha value is -3.19. The van der Waals surface area contributed by atoms with Crippen LogP contribution in [0.5, 0.6) is 0 Å². The van der Waals surface area contributed by atoms with Crippen molar-refractivity contribution in [3.63, 3.8) is 0 Å². The van der Waals surface area contributed by atoms with Crippen LogP contribution in [0.4, 0.5) is 10.1 Å². The van der Waals surface area contributed by atoms with Crippen molar-refractivity contribution in [1.82, 2.24) is 10.2 Å². The molecule has 1 unspecified atom stereocenters. The molecule has 0 spiro atoms. The Balaban J connectivity index is 1.80. The highest BCUT2D eigenvalue weighted by atomic mass is 32.1. The number of carbonyl (C=O) groups excluding carboxylic acids is 2. The second kappa shape index (κ2) is 7.67. The number of para-hydroxylation sites is 1. The van der Waals surface area contributed by atoms with Crippen molar-refractivity contribution in [1.29, 1.82) is 0 Å². The van der Waals surface area contributed by atoms with Gasteiger partial charge < -0.3 is 15.1 Å². The smallest absolute Gasteiger partial charge is 0.257 e. The van der Waals surface area contributed by atoms with Gasteiger partial charge in [-0.25, -0.2) is 4.39 Å². The fourth-order valence-corrected chi connectivity index (χ4v) is 4.79. The van der Waals surface area contributed by atoms with Crippen LogP contribution in [0.1, 0.15) is 21.4 Å². The lowest BCUT2D eigenvalue weighted by Crippen LogP contribution is -2.50. The molecule has 148 valence electrons. The Kier molecular flexibility index (Phi) is 5.07. The number of anilines is 1. The Bertz CT molecular complexity index is 1080. The minimum atomic E-state index is -0.458. The van der Waals surface area contributed by atoms with Crippen molar-refractivity contribution in [2.75, 3.05) is 25.5 Å². The second-order valence-corrected chi connectivity index (χ2v) is 7.91. The first kappa shape index (κ1) is 19.1. The van der Waals surface area contributed by atoms with Crippen LogP contribution in [0.3, 0.4) is 0 Å². The highest BCUT2D eigenvalue weighted by molar-refractivity contribution is 7.15.